The number of halogens is 17. The summed E-state index contributed by atoms with van der Waals surface area (Å²) in [5.41, 5.74) is 0. The molecule has 0 spiro atoms. The molecule has 1 N–H and O–H groups in total. The van der Waals surface area contributed by atoms with Gasteiger partial charge in [0.15, 0.2) is 0 Å². The van der Waals surface area contributed by atoms with Crippen LogP contribution in [0.5, 0.6) is 0 Å². The predicted molar refractivity (Wildman–Crippen MR) is 68.7 cm³/mol. The molecule has 0 aliphatic carbocycles. The first-order valence-corrected chi connectivity index (χ1v) is 6.78. The Morgan fingerprint density at radius 2 is 0.750 bits per heavy atom. The largest absolute Gasteiger partial charge is 0.478 e. The van der Waals surface area contributed by atoms with Crippen LogP contribution in [0, 0.1) is 0 Å². The molecule has 0 aromatic rings. The highest BCUT2D eigenvalue weighted by atomic mass is 19.4. The van der Waals surface area contributed by atoms with Gasteiger partial charge in [-0.1, -0.05) is 13.2 Å². The van der Waals surface area contributed by atoms with E-state index < -0.39 is 59.7 Å². The molecule has 0 atom stereocenters. The van der Waals surface area contributed by atoms with E-state index in [9.17, 15) is 79.4 Å². The van der Waals surface area contributed by atoms with Crippen molar-refractivity contribution in [3.8, 4) is 0 Å². The van der Waals surface area contributed by atoms with Crippen molar-refractivity contribution in [2.45, 2.75) is 47.6 Å². The SMILES string of the molecule is C=CC(=O)O.C=CC(F)(F)C(F)(F)C(F)(F)C(F)(F)C(F)(F)C(F)(F)C(F)(F)C(F)(F)F. The summed E-state index contributed by atoms with van der Waals surface area (Å²) < 4.78 is 215. The molecule has 0 amide bonds. The number of aliphatic carboxylic acids is 1. The Hall–Kier alpha value is -2.24. The number of carboxylic acid groups (broad SMARTS) is 1. The Labute approximate surface area is 165 Å². The number of allylic oxidation sites excluding steroid dienone is 1. The minimum Gasteiger partial charge on any atom is -0.478 e. The monoisotopic (exact) mass is 518 g/mol. The fourth-order valence-corrected chi connectivity index (χ4v) is 1.30. The highest BCUT2D eigenvalue weighted by molar-refractivity contribution is 5.78. The lowest BCUT2D eigenvalue weighted by atomic mass is 9.89. The number of hydrogen-bond acceptors (Lipinski definition) is 1. The van der Waals surface area contributed by atoms with Crippen molar-refractivity contribution in [2.24, 2.45) is 0 Å². The number of alkyl halides is 17. The lowest BCUT2D eigenvalue weighted by molar-refractivity contribution is -0.459. The lowest BCUT2D eigenvalue weighted by Crippen LogP contribution is -2.74. The molecule has 190 valence electrons. The van der Waals surface area contributed by atoms with E-state index in [1.807, 2.05) is 0 Å². The zero-order valence-corrected chi connectivity index (χ0v) is 14.3. The van der Waals surface area contributed by atoms with Crippen LogP contribution in [0.1, 0.15) is 0 Å². The van der Waals surface area contributed by atoms with E-state index in [-0.39, 0.29) is 0 Å². The summed E-state index contributed by atoms with van der Waals surface area (Å²) in [7, 11) is 0. The van der Waals surface area contributed by atoms with Gasteiger partial charge in [-0.25, -0.2) is 4.79 Å². The summed E-state index contributed by atoms with van der Waals surface area (Å²) in [6.45, 7) is 4.72. The van der Waals surface area contributed by atoms with Crippen molar-refractivity contribution < 1.29 is 84.5 Å². The summed E-state index contributed by atoms with van der Waals surface area (Å²) in [5, 5.41) is 7.60. The summed E-state index contributed by atoms with van der Waals surface area (Å²) in [6.07, 6.45) is -8.42. The molecule has 32 heavy (non-hydrogen) atoms. The third kappa shape index (κ3) is 4.60. The quantitative estimate of drug-likeness (QED) is 0.228. The maximum Gasteiger partial charge on any atom is 0.460 e. The molecule has 2 nitrogen and oxygen atoms in total. The number of rotatable bonds is 8. The lowest BCUT2D eigenvalue weighted by Gasteiger charge is -2.42. The molecule has 0 aliphatic heterocycles. The molecule has 0 aliphatic rings. The van der Waals surface area contributed by atoms with Gasteiger partial charge in [0.05, 0.1) is 0 Å². The van der Waals surface area contributed by atoms with E-state index in [0.717, 1.165) is 6.08 Å². The van der Waals surface area contributed by atoms with Crippen LogP contribution in [0.3, 0.4) is 0 Å². The van der Waals surface area contributed by atoms with Gasteiger partial charge in [-0.15, -0.1) is 0 Å². The third-order valence-electron chi connectivity index (χ3n) is 3.18. The highest BCUT2D eigenvalue weighted by Crippen LogP contribution is 2.63. The van der Waals surface area contributed by atoms with Crippen LogP contribution < -0.4 is 0 Å². The van der Waals surface area contributed by atoms with Crippen molar-refractivity contribution in [3.63, 3.8) is 0 Å². The first-order valence-electron chi connectivity index (χ1n) is 6.78. The standard InChI is InChI=1S/C10H3F17.C3H4O2/c1-2-3(11,12)4(13,14)5(15,16)6(17,18)7(19,20)8(21,22)9(23,24)10(25,26)27;1-2-3(4)5/h2H,1H2;2H,1H2,(H,4,5). The fourth-order valence-electron chi connectivity index (χ4n) is 1.30. The van der Waals surface area contributed by atoms with E-state index >= 15 is 0 Å². The normalized spacial score (nSPS) is 14.9. The second kappa shape index (κ2) is 8.60. The van der Waals surface area contributed by atoms with Crippen LogP contribution in [-0.2, 0) is 4.79 Å². The smallest absolute Gasteiger partial charge is 0.460 e. The van der Waals surface area contributed by atoms with Crippen LogP contribution in [0.15, 0.2) is 25.3 Å². The zero-order chi connectivity index (χ0) is 27.0. The fraction of sp³-hybridized carbons (Fsp3) is 0.615. The van der Waals surface area contributed by atoms with Crippen LogP contribution in [0.25, 0.3) is 0 Å². The van der Waals surface area contributed by atoms with Crippen molar-refractivity contribution in [3.05, 3.63) is 25.3 Å². The Balaban J connectivity index is 0. The minimum absolute atomic E-state index is 0.833. The van der Waals surface area contributed by atoms with Gasteiger partial charge in [-0.3, -0.25) is 0 Å². The molecule has 0 unspecified atom stereocenters. The Morgan fingerprint density at radius 1 is 0.531 bits per heavy atom. The maximum absolute atomic E-state index is 13.0. The van der Waals surface area contributed by atoms with E-state index in [4.69, 9.17) is 5.11 Å². The molecule has 0 bridgehead atoms. The topological polar surface area (TPSA) is 37.3 Å². The van der Waals surface area contributed by atoms with Gasteiger partial charge in [0.1, 0.15) is 0 Å². The van der Waals surface area contributed by atoms with Gasteiger partial charge >= 0.3 is 53.6 Å². The first-order chi connectivity index (χ1) is 13.6. The predicted octanol–water partition coefficient (Wildman–Crippen LogP) is 6.44. The van der Waals surface area contributed by atoms with Crippen molar-refractivity contribution >= 4 is 5.97 Å². The first kappa shape index (κ1) is 31.9. The molecular formula is C13H7F17O2. The molecule has 0 fully saturated rings. The van der Waals surface area contributed by atoms with Gasteiger partial charge in [0.2, 0.25) is 0 Å². The molecule has 0 saturated heterocycles. The average Bonchev–Trinajstić information content (AvgIpc) is 2.59. The van der Waals surface area contributed by atoms with Crippen LogP contribution in [0.2, 0.25) is 0 Å². The van der Waals surface area contributed by atoms with E-state index in [1.165, 1.54) is 0 Å². The van der Waals surface area contributed by atoms with Gasteiger partial charge in [-0.2, -0.15) is 74.6 Å². The zero-order valence-electron chi connectivity index (χ0n) is 14.3. The molecule has 0 heterocycles. The third-order valence-corrected chi connectivity index (χ3v) is 3.18. The summed E-state index contributed by atoms with van der Waals surface area (Å²) in [6, 6.07) is 0. The van der Waals surface area contributed by atoms with Gasteiger partial charge < -0.3 is 5.11 Å². The summed E-state index contributed by atoms with van der Waals surface area (Å²) in [4.78, 5) is 9.25. The molecular weight excluding hydrogens is 511 g/mol. The molecule has 0 aromatic heterocycles. The Bertz CT molecular complexity index is 704. The number of hydrogen-bond donors (Lipinski definition) is 1. The minimum atomic E-state index is -8.59. The van der Waals surface area contributed by atoms with Crippen LogP contribution in [0.4, 0.5) is 74.6 Å². The second-order valence-electron chi connectivity index (χ2n) is 5.31. The number of carboxylic acids is 1. The van der Waals surface area contributed by atoms with Crippen molar-refractivity contribution in [1.82, 2.24) is 0 Å². The Kier molecular flexibility index (Phi) is 8.59. The van der Waals surface area contributed by atoms with Gasteiger partial charge in [-0.05, 0) is 6.08 Å². The summed E-state index contributed by atoms with van der Waals surface area (Å²) in [5.74, 6) is -57.2. The second-order valence-corrected chi connectivity index (χ2v) is 5.31. The van der Waals surface area contributed by atoms with E-state index in [1.54, 1.807) is 6.58 Å². The molecule has 19 heteroatoms. The van der Waals surface area contributed by atoms with Gasteiger partial charge in [0, 0.05) is 6.08 Å². The molecule has 0 saturated carbocycles. The van der Waals surface area contributed by atoms with Crippen LogP contribution in [-0.4, -0.2) is 58.7 Å². The van der Waals surface area contributed by atoms with E-state index in [0.29, 0.717) is 0 Å². The van der Waals surface area contributed by atoms with Crippen molar-refractivity contribution in [2.75, 3.05) is 0 Å². The molecule has 0 aromatic carbocycles. The summed E-state index contributed by atoms with van der Waals surface area (Å²) >= 11 is 0. The maximum atomic E-state index is 13.0. The van der Waals surface area contributed by atoms with Crippen LogP contribution >= 0.6 is 0 Å². The molecule has 0 rings (SSSR count). The molecule has 0 radical (unpaired) electrons. The number of carbonyl (C=O) groups is 1. The van der Waals surface area contributed by atoms with Crippen molar-refractivity contribution in [1.29, 1.82) is 0 Å². The van der Waals surface area contributed by atoms with E-state index in [2.05, 4.69) is 6.58 Å². The average molecular weight is 518 g/mol. The Morgan fingerprint density at radius 3 is 0.938 bits per heavy atom. The van der Waals surface area contributed by atoms with Gasteiger partial charge in [0.25, 0.3) is 0 Å². The highest BCUT2D eigenvalue weighted by Gasteiger charge is 2.95.